The van der Waals surface area contributed by atoms with E-state index in [1.807, 2.05) is 18.3 Å². The highest BCUT2D eigenvalue weighted by Gasteiger charge is 2.17. The predicted molar refractivity (Wildman–Crippen MR) is 95.4 cm³/mol. The lowest BCUT2D eigenvalue weighted by Gasteiger charge is -2.26. The maximum Gasteiger partial charge on any atom is 0.142 e. The number of fused-ring (bicyclic) bond motifs is 1. The quantitative estimate of drug-likeness (QED) is 0.752. The molecule has 1 aliphatic rings. The molecule has 122 valence electrons. The number of aromatic amines is 1. The van der Waals surface area contributed by atoms with Gasteiger partial charge in [-0.15, -0.1) is 0 Å². The van der Waals surface area contributed by atoms with Crippen LogP contribution in [0.5, 0.6) is 0 Å². The number of rotatable bonds is 3. The van der Waals surface area contributed by atoms with E-state index in [0.717, 1.165) is 36.1 Å². The van der Waals surface area contributed by atoms with Crippen molar-refractivity contribution in [2.45, 2.75) is 13.0 Å². The molecule has 0 spiro atoms. The Kier molecular flexibility index (Phi) is 4.08. The number of nitrogens with zero attached hydrogens (tertiary/aromatic N) is 2. The van der Waals surface area contributed by atoms with Crippen molar-refractivity contribution in [2.24, 2.45) is 0 Å². The van der Waals surface area contributed by atoms with Crippen LogP contribution in [0.4, 0.5) is 4.39 Å². The largest absolute Gasteiger partial charge is 0.346 e. The summed E-state index contributed by atoms with van der Waals surface area (Å²) in [4.78, 5) is 9.84. The Morgan fingerprint density at radius 1 is 1.25 bits per heavy atom. The molecular weight excluding hydrogens is 325 g/mol. The molecule has 0 saturated heterocycles. The summed E-state index contributed by atoms with van der Waals surface area (Å²) in [5.74, 6) is -0.353. The van der Waals surface area contributed by atoms with E-state index in [1.54, 1.807) is 12.3 Å². The highest BCUT2D eigenvalue weighted by atomic mass is 35.5. The van der Waals surface area contributed by atoms with E-state index >= 15 is 0 Å². The molecule has 1 N–H and O–H groups in total. The smallest absolute Gasteiger partial charge is 0.142 e. The minimum absolute atomic E-state index is 0.231. The first-order valence-corrected chi connectivity index (χ1v) is 8.37. The Hall–Kier alpha value is -2.17. The number of halogens is 2. The minimum atomic E-state index is -0.353. The molecular formula is C19H17ClFN3. The number of aromatic nitrogens is 2. The number of benzene rings is 1. The summed E-state index contributed by atoms with van der Waals surface area (Å²) in [6, 6.07) is 9.04. The normalized spacial score (nSPS) is 15.7. The highest BCUT2D eigenvalue weighted by Crippen LogP contribution is 2.29. The van der Waals surface area contributed by atoms with E-state index in [4.69, 9.17) is 11.6 Å². The maximum absolute atomic E-state index is 13.6. The van der Waals surface area contributed by atoms with Crippen LogP contribution in [0, 0.1) is 5.82 Å². The van der Waals surface area contributed by atoms with Crippen LogP contribution >= 0.6 is 11.6 Å². The molecule has 1 aliphatic heterocycles. The summed E-state index contributed by atoms with van der Waals surface area (Å²) < 4.78 is 13.6. The van der Waals surface area contributed by atoms with Gasteiger partial charge in [0, 0.05) is 43.0 Å². The Morgan fingerprint density at radius 2 is 2.17 bits per heavy atom. The maximum atomic E-state index is 13.6. The molecule has 3 heterocycles. The zero-order valence-electron chi connectivity index (χ0n) is 13.1. The first kappa shape index (κ1) is 15.4. The topological polar surface area (TPSA) is 31.9 Å². The monoisotopic (exact) mass is 341 g/mol. The molecule has 0 aliphatic carbocycles. The fraction of sp³-hybridized carbons (Fsp3) is 0.211. The average Bonchev–Trinajstić information content (AvgIpc) is 3.04. The van der Waals surface area contributed by atoms with Gasteiger partial charge in [-0.1, -0.05) is 29.8 Å². The Bertz CT molecular complexity index is 916. The second-order valence-corrected chi connectivity index (χ2v) is 6.41. The van der Waals surface area contributed by atoms with E-state index in [2.05, 4.69) is 27.0 Å². The van der Waals surface area contributed by atoms with E-state index in [-0.39, 0.29) is 10.8 Å². The Balaban J connectivity index is 1.52. The standard InChI is InChI=1S/C19H17ClFN3/c20-18-14(3-1-5-17(18)21)12-24-9-6-13(7-10-24)16-11-23-19-15(16)4-2-8-22-19/h1-6,8,11H,7,9-10,12H2,(H,22,23). The van der Waals surface area contributed by atoms with E-state index < -0.39 is 0 Å². The van der Waals surface area contributed by atoms with Gasteiger partial charge in [-0.2, -0.15) is 0 Å². The predicted octanol–water partition coefficient (Wildman–Crippen LogP) is 4.64. The van der Waals surface area contributed by atoms with Crippen molar-refractivity contribution in [1.82, 2.24) is 14.9 Å². The molecule has 24 heavy (non-hydrogen) atoms. The number of pyridine rings is 1. The van der Waals surface area contributed by atoms with Crippen LogP contribution < -0.4 is 0 Å². The molecule has 0 atom stereocenters. The molecule has 0 unspecified atom stereocenters. The third-order valence-electron chi connectivity index (χ3n) is 4.52. The second-order valence-electron chi connectivity index (χ2n) is 6.03. The number of nitrogens with one attached hydrogen (secondary N) is 1. The first-order chi connectivity index (χ1) is 11.7. The van der Waals surface area contributed by atoms with E-state index in [9.17, 15) is 4.39 Å². The summed E-state index contributed by atoms with van der Waals surface area (Å²) in [5, 5.41) is 1.39. The third-order valence-corrected chi connectivity index (χ3v) is 4.94. The molecule has 3 nitrogen and oxygen atoms in total. The average molecular weight is 342 g/mol. The van der Waals surface area contributed by atoms with Gasteiger partial charge in [-0.05, 0) is 35.8 Å². The fourth-order valence-electron chi connectivity index (χ4n) is 3.23. The molecule has 0 bridgehead atoms. The summed E-state index contributed by atoms with van der Waals surface area (Å²) in [7, 11) is 0. The van der Waals surface area contributed by atoms with Crippen LogP contribution in [0.1, 0.15) is 17.5 Å². The van der Waals surface area contributed by atoms with E-state index in [0.29, 0.717) is 6.54 Å². The van der Waals surface area contributed by atoms with Gasteiger partial charge >= 0.3 is 0 Å². The molecule has 1 aromatic carbocycles. The van der Waals surface area contributed by atoms with Crippen molar-refractivity contribution in [2.75, 3.05) is 13.1 Å². The van der Waals surface area contributed by atoms with Gasteiger partial charge in [-0.25, -0.2) is 9.37 Å². The zero-order chi connectivity index (χ0) is 16.5. The second kappa shape index (κ2) is 6.38. The van der Waals surface area contributed by atoms with Crippen molar-refractivity contribution in [3.8, 4) is 0 Å². The van der Waals surface area contributed by atoms with Crippen LogP contribution in [0.15, 0.2) is 48.8 Å². The van der Waals surface area contributed by atoms with Gasteiger partial charge in [0.05, 0.1) is 5.02 Å². The van der Waals surface area contributed by atoms with Crippen LogP contribution in [-0.4, -0.2) is 28.0 Å². The summed E-state index contributed by atoms with van der Waals surface area (Å²) in [6.07, 6.45) is 7.02. The molecule has 5 heteroatoms. The van der Waals surface area contributed by atoms with Crippen LogP contribution in [0.3, 0.4) is 0 Å². The summed E-state index contributed by atoms with van der Waals surface area (Å²) in [5.41, 5.74) is 4.31. The van der Waals surface area contributed by atoms with Crippen LogP contribution in [0.2, 0.25) is 5.02 Å². The molecule has 0 fully saturated rings. The van der Waals surface area contributed by atoms with Gasteiger partial charge < -0.3 is 4.98 Å². The minimum Gasteiger partial charge on any atom is -0.346 e. The van der Waals surface area contributed by atoms with Gasteiger partial charge in [0.15, 0.2) is 0 Å². The van der Waals surface area contributed by atoms with Crippen molar-refractivity contribution in [3.63, 3.8) is 0 Å². The molecule has 0 saturated carbocycles. The van der Waals surface area contributed by atoms with Gasteiger partial charge in [0.1, 0.15) is 11.5 Å². The number of hydrogen-bond acceptors (Lipinski definition) is 2. The third kappa shape index (κ3) is 2.83. The van der Waals surface area contributed by atoms with Crippen molar-refractivity contribution in [3.05, 3.63) is 70.8 Å². The van der Waals surface area contributed by atoms with Gasteiger partial charge in [0.25, 0.3) is 0 Å². The lowest BCUT2D eigenvalue weighted by molar-refractivity contribution is 0.293. The first-order valence-electron chi connectivity index (χ1n) is 7.99. The van der Waals surface area contributed by atoms with Gasteiger partial charge in [0.2, 0.25) is 0 Å². The highest BCUT2D eigenvalue weighted by molar-refractivity contribution is 6.31. The Morgan fingerprint density at radius 3 is 3.00 bits per heavy atom. The van der Waals surface area contributed by atoms with Crippen molar-refractivity contribution < 1.29 is 4.39 Å². The van der Waals surface area contributed by atoms with Crippen LogP contribution in [-0.2, 0) is 6.54 Å². The molecule has 3 aromatic rings. The molecule has 0 radical (unpaired) electrons. The molecule has 4 rings (SSSR count). The van der Waals surface area contributed by atoms with Crippen molar-refractivity contribution >= 4 is 28.2 Å². The zero-order valence-corrected chi connectivity index (χ0v) is 13.9. The Labute approximate surface area is 144 Å². The van der Waals surface area contributed by atoms with Crippen LogP contribution in [0.25, 0.3) is 16.6 Å². The molecule has 2 aromatic heterocycles. The lowest BCUT2D eigenvalue weighted by atomic mass is 9.99. The van der Waals surface area contributed by atoms with E-state index in [1.165, 1.54) is 17.2 Å². The number of H-pyrrole nitrogens is 1. The lowest BCUT2D eigenvalue weighted by Crippen LogP contribution is -2.28. The summed E-state index contributed by atoms with van der Waals surface area (Å²) in [6.45, 7) is 2.41. The number of hydrogen-bond donors (Lipinski definition) is 1. The molecule has 0 amide bonds. The van der Waals surface area contributed by atoms with Gasteiger partial charge in [-0.3, -0.25) is 4.90 Å². The fourth-order valence-corrected chi connectivity index (χ4v) is 3.42. The summed E-state index contributed by atoms with van der Waals surface area (Å²) >= 11 is 6.06. The van der Waals surface area contributed by atoms with Crippen molar-refractivity contribution in [1.29, 1.82) is 0 Å². The SMILES string of the molecule is Fc1cccc(CN2CC=C(c3c[nH]c4ncccc34)CC2)c1Cl.